The largest absolute Gasteiger partial charge is 0.344 e. The number of unbranched alkanes of at least 4 members (excludes halogenated alkanes) is 1. The summed E-state index contributed by atoms with van der Waals surface area (Å²) in [6.07, 6.45) is 5.79. The summed E-state index contributed by atoms with van der Waals surface area (Å²) in [5, 5.41) is 3.19. The van der Waals surface area contributed by atoms with Crippen molar-refractivity contribution in [2.24, 2.45) is 0 Å². The fourth-order valence-corrected chi connectivity index (χ4v) is 5.22. The van der Waals surface area contributed by atoms with E-state index in [9.17, 15) is 18.4 Å². The van der Waals surface area contributed by atoms with Gasteiger partial charge in [0.25, 0.3) is 11.8 Å². The summed E-state index contributed by atoms with van der Waals surface area (Å²) in [6, 6.07) is 11.1. The third kappa shape index (κ3) is 4.52. The first-order valence-corrected chi connectivity index (χ1v) is 12.7. The standard InChI is InChI=1S/C28H30F2N4O2/c1-2-3-15-34(28(36)19-11-13-21(29)22(30)17-19)26-25(33-16-7-6-10-24(33)32-26)27(35)31-23-14-12-18-8-4-5-9-20(18)23/h4-5,8-9,11,13,17,23H,2-3,6-7,10,12,14-16H2,1H3,(H,31,35). The van der Waals surface area contributed by atoms with E-state index in [1.165, 1.54) is 16.5 Å². The summed E-state index contributed by atoms with van der Waals surface area (Å²) in [6.45, 7) is 2.97. The number of aryl methyl sites for hydroxylation is 2. The molecule has 188 valence electrons. The molecule has 5 rings (SSSR count). The highest BCUT2D eigenvalue weighted by Gasteiger charge is 2.33. The first-order chi connectivity index (χ1) is 17.5. The first-order valence-electron chi connectivity index (χ1n) is 12.7. The van der Waals surface area contributed by atoms with E-state index in [0.29, 0.717) is 37.4 Å². The topological polar surface area (TPSA) is 67.2 Å². The number of benzene rings is 2. The van der Waals surface area contributed by atoms with E-state index >= 15 is 0 Å². The first kappa shape index (κ1) is 24.2. The van der Waals surface area contributed by atoms with Crippen molar-refractivity contribution >= 4 is 17.6 Å². The van der Waals surface area contributed by atoms with E-state index in [2.05, 4.69) is 11.4 Å². The molecule has 36 heavy (non-hydrogen) atoms. The summed E-state index contributed by atoms with van der Waals surface area (Å²) in [5.41, 5.74) is 2.73. The fraction of sp³-hybridized carbons (Fsp3) is 0.393. The average molecular weight is 493 g/mol. The second kappa shape index (κ2) is 10.2. The third-order valence-corrected chi connectivity index (χ3v) is 7.12. The van der Waals surface area contributed by atoms with Gasteiger partial charge in [-0.05, 0) is 61.4 Å². The molecule has 2 heterocycles. The van der Waals surface area contributed by atoms with Crippen LogP contribution in [0.2, 0.25) is 0 Å². The zero-order chi connectivity index (χ0) is 25.2. The fourth-order valence-electron chi connectivity index (χ4n) is 5.22. The Hall–Kier alpha value is -3.55. The summed E-state index contributed by atoms with van der Waals surface area (Å²) in [5.74, 6) is -1.81. The van der Waals surface area contributed by atoms with Crippen LogP contribution in [-0.2, 0) is 19.4 Å². The van der Waals surface area contributed by atoms with Gasteiger partial charge < -0.3 is 9.88 Å². The molecule has 2 aliphatic rings. The number of rotatable bonds is 7. The van der Waals surface area contributed by atoms with E-state index < -0.39 is 17.5 Å². The summed E-state index contributed by atoms with van der Waals surface area (Å²) in [7, 11) is 0. The normalized spacial score (nSPS) is 16.4. The number of hydrogen-bond acceptors (Lipinski definition) is 3. The number of nitrogens with zero attached hydrogens (tertiary/aromatic N) is 3. The van der Waals surface area contributed by atoms with Crippen molar-refractivity contribution in [2.45, 2.75) is 64.5 Å². The third-order valence-electron chi connectivity index (χ3n) is 7.12. The van der Waals surface area contributed by atoms with Gasteiger partial charge in [-0.25, -0.2) is 13.8 Å². The van der Waals surface area contributed by atoms with Gasteiger partial charge in [-0.2, -0.15) is 0 Å². The smallest absolute Gasteiger partial charge is 0.272 e. The molecule has 0 saturated heterocycles. The number of hydrogen-bond donors (Lipinski definition) is 1. The molecule has 1 aliphatic heterocycles. The molecular formula is C28H30F2N4O2. The Kier molecular flexibility index (Phi) is 6.85. The summed E-state index contributed by atoms with van der Waals surface area (Å²) >= 11 is 0. The van der Waals surface area contributed by atoms with E-state index in [1.54, 1.807) is 0 Å². The van der Waals surface area contributed by atoms with Crippen LogP contribution < -0.4 is 10.2 Å². The van der Waals surface area contributed by atoms with E-state index in [1.807, 2.05) is 29.7 Å². The zero-order valence-electron chi connectivity index (χ0n) is 20.4. The lowest BCUT2D eigenvalue weighted by Gasteiger charge is -2.23. The maximum atomic E-state index is 14.0. The highest BCUT2D eigenvalue weighted by Crippen LogP contribution is 2.33. The summed E-state index contributed by atoms with van der Waals surface area (Å²) in [4.78, 5) is 33.6. The van der Waals surface area contributed by atoms with Gasteiger partial charge in [0, 0.05) is 25.1 Å². The van der Waals surface area contributed by atoms with Crippen LogP contribution in [0.3, 0.4) is 0 Å². The lowest BCUT2D eigenvalue weighted by molar-refractivity contribution is 0.0926. The molecule has 3 aromatic rings. The number of anilines is 1. The quantitative estimate of drug-likeness (QED) is 0.483. The van der Waals surface area contributed by atoms with Crippen LogP contribution in [0.15, 0.2) is 42.5 Å². The van der Waals surface area contributed by atoms with Crippen molar-refractivity contribution in [1.82, 2.24) is 14.9 Å². The van der Waals surface area contributed by atoms with Crippen LogP contribution in [0.25, 0.3) is 0 Å². The molecule has 2 amide bonds. The number of aromatic nitrogens is 2. The number of nitrogens with one attached hydrogen (secondary N) is 1. The maximum absolute atomic E-state index is 14.0. The Balaban J connectivity index is 1.53. The molecule has 1 unspecified atom stereocenters. The molecule has 1 aromatic heterocycles. The predicted molar refractivity (Wildman–Crippen MR) is 133 cm³/mol. The number of fused-ring (bicyclic) bond motifs is 2. The second-order valence-corrected chi connectivity index (χ2v) is 9.51. The average Bonchev–Trinajstić information content (AvgIpc) is 3.47. The zero-order valence-corrected chi connectivity index (χ0v) is 20.4. The van der Waals surface area contributed by atoms with E-state index in [4.69, 9.17) is 4.98 Å². The van der Waals surface area contributed by atoms with Crippen molar-refractivity contribution in [3.63, 3.8) is 0 Å². The summed E-state index contributed by atoms with van der Waals surface area (Å²) < 4.78 is 29.4. The van der Waals surface area contributed by atoms with Crippen molar-refractivity contribution in [3.8, 4) is 0 Å². The molecule has 0 radical (unpaired) electrons. The monoisotopic (exact) mass is 492 g/mol. The van der Waals surface area contributed by atoms with Gasteiger partial charge in [0.1, 0.15) is 5.82 Å². The number of imidazole rings is 1. The SMILES string of the molecule is CCCCN(C(=O)c1ccc(F)c(F)c1)c1nc2n(c1C(=O)NC1CCc3ccccc31)CCCC2. The minimum atomic E-state index is -1.08. The molecule has 0 bridgehead atoms. The van der Waals surface area contributed by atoms with Crippen LogP contribution in [0.4, 0.5) is 14.6 Å². The van der Waals surface area contributed by atoms with E-state index in [-0.39, 0.29) is 17.5 Å². The van der Waals surface area contributed by atoms with Crippen molar-refractivity contribution < 1.29 is 18.4 Å². The highest BCUT2D eigenvalue weighted by molar-refractivity contribution is 6.09. The molecule has 8 heteroatoms. The molecule has 1 atom stereocenters. The Morgan fingerprint density at radius 3 is 2.75 bits per heavy atom. The van der Waals surface area contributed by atoms with Crippen LogP contribution >= 0.6 is 0 Å². The van der Waals surface area contributed by atoms with Crippen LogP contribution in [0.1, 0.15) is 82.9 Å². The van der Waals surface area contributed by atoms with Crippen LogP contribution in [-0.4, -0.2) is 27.9 Å². The maximum Gasteiger partial charge on any atom is 0.272 e. The minimum absolute atomic E-state index is 0.0204. The minimum Gasteiger partial charge on any atom is -0.344 e. The van der Waals surface area contributed by atoms with Gasteiger partial charge in [0.2, 0.25) is 0 Å². The Bertz CT molecular complexity index is 1300. The van der Waals surface area contributed by atoms with Gasteiger partial charge in [0.05, 0.1) is 6.04 Å². The van der Waals surface area contributed by atoms with Gasteiger partial charge in [-0.1, -0.05) is 37.6 Å². The van der Waals surface area contributed by atoms with Crippen LogP contribution in [0.5, 0.6) is 0 Å². The predicted octanol–water partition coefficient (Wildman–Crippen LogP) is 5.36. The molecule has 0 fully saturated rings. The number of amides is 2. The van der Waals surface area contributed by atoms with Crippen molar-refractivity contribution in [3.05, 3.63) is 82.3 Å². The molecule has 1 N–H and O–H groups in total. The number of halogens is 2. The van der Waals surface area contributed by atoms with Crippen molar-refractivity contribution in [2.75, 3.05) is 11.4 Å². The number of carbonyl (C=O) groups is 2. The molecule has 6 nitrogen and oxygen atoms in total. The lowest BCUT2D eigenvalue weighted by atomic mass is 10.1. The Morgan fingerprint density at radius 1 is 1.11 bits per heavy atom. The van der Waals surface area contributed by atoms with Crippen molar-refractivity contribution in [1.29, 1.82) is 0 Å². The van der Waals surface area contributed by atoms with Crippen LogP contribution in [0, 0.1) is 11.6 Å². The molecule has 0 saturated carbocycles. The second-order valence-electron chi connectivity index (χ2n) is 9.51. The van der Waals surface area contributed by atoms with Gasteiger partial charge >= 0.3 is 0 Å². The van der Waals surface area contributed by atoms with Gasteiger partial charge in [-0.3, -0.25) is 14.5 Å². The van der Waals surface area contributed by atoms with E-state index in [0.717, 1.165) is 55.6 Å². The number of carbonyl (C=O) groups excluding carboxylic acids is 2. The lowest BCUT2D eigenvalue weighted by Crippen LogP contribution is -2.36. The molecule has 0 spiro atoms. The molecular weight excluding hydrogens is 462 g/mol. The molecule has 2 aromatic carbocycles. The Morgan fingerprint density at radius 2 is 1.94 bits per heavy atom. The molecule has 1 aliphatic carbocycles. The van der Waals surface area contributed by atoms with Gasteiger partial charge in [0.15, 0.2) is 23.1 Å². The Labute approximate surface area is 209 Å². The van der Waals surface area contributed by atoms with Gasteiger partial charge in [-0.15, -0.1) is 0 Å². The highest BCUT2D eigenvalue weighted by atomic mass is 19.2.